The molecule has 0 bridgehead atoms. The van der Waals surface area contributed by atoms with Crippen LogP contribution in [0.1, 0.15) is 32.6 Å². The molecule has 32 heavy (non-hydrogen) atoms. The first-order chi connectivity index (χ1) is 15.4. The standard InChI is InChI=1S/C25H33IN3O3/c1-17(30)5-4-6-21(26-3)18(2)29-11-8-25(9-12-29)14-20(25)15-28-24(31)22-13-19-7-10-27-16-23(19)32-22/h4-5,7,10,13,16,19-21,23H,2,6,8-9,11-12,14-15H2,1,3H3,(H,28,31)/q-1/b5-4-. The van der Waals surface area contributed by atoms with Crippen LogP contribution in [0, 0.1) is 17.3 Å². The van der Waals surface area contributed by atoms with E-state index in [1.165, 1.54) is 12.1 Å². The van der Waals surface area contributed by atoms with Crippen molar-refractivity contribution in [3.05, 3.63) is 48.5 Å². The number of fused-ring (bicyclic) bond motifs is 1. The van der Waals surface area contributed by atoms with E-state index in [2.05, 4.69) is 26.7 Å². The Hall–Kier alpha value is -1.90. The Bertz CT molecular complexity index is 883. The first-order valence-corrected chi connectivity index (χ1v) is 14.8. The molecule has 0 aromatic heterocycles. The molecule has 4 atom stereocenters. The number of allylic oxidation sites excluding steroid dienone is 3. The van der Waals surface area contributed by atoms with Crippen LogP contribution in [0.5, 0.6) is 0 Å². The van der Waals surface area contributed by atoms with Crippen molar-refractivity contribution in [3.8, 4) is 0 Å². The fourth-order valence-electron chi connectivity index (χ4n) is 5.02. The van der Waals surface area contributed by atoms with E-state index in [0.717, 1.165) is 38.9 Å². The predicted molar refractivity (Wildman–Crippen MR) is 122 cm³/mol. The van der Waals surface area contributed by atoms with Crippen LogP contribution in [0.4, 0.5) is 0 Å². The Morgan fingerprint density at radius 1 is 1.44 bits per heavy atom. The molecule has 6 nitrogen and oxygen atoms in total. The van der Waals surface area contributed by atoms with Gasteiger partial charge in [-0.1, -0.05) is 6.08 Å². The van der Waals surface area contributed by atoms with Crippen molar-refractivity contribution >= 4 is 17.9 Å². The molecule has 0 radical (unpaired) electrons. The number of hydrogen-bond acceptors (Lipinski definition) is 5. The number of likely N-dealkylation sites (tertiary alicyclic amines) is 1. The summed E-state index contributed by atoms with van der Waals surface area (Å²) in [5.41, 5.74) is 1.63. The molecule has 7 heteroatoms. The molecule has 0 aromatic carbocycles. The van der Waals surface area contributed by atoms with Crippen LogP contribution in [-0.4, -0.2) is 57.4 Å². The number of nitrogens with zero attached hydrogens (tertiary/aromatic N) is 2. The molecule has 174 valence electrons. The number of aliphatic imine (C=N–C) groups is 1. The summed E-state index contributed by atoms with van der Waals surface area (Å²) in [6.45, 7) is 8.82. The summed E-state index contributed by atoms with van der Waals surface area (Å²) in [6.07, 6.45) is 15.3. The van der Waals surface area contributed by atoms with Crippen molar-refractivity contribution < 1.29 is 35.5 Å². The molecule has 1 spiro atoms. The second-order valence-electron chi connectivity index (χ2n) is 9.22. The molecular formula is C25H33IN3O3-. The minimum Gasteiger partial charge on any atom is -0.265 e. The Labute approximate surface area is 201 Å². The number of piperidine rings is 1. The van der Waals surface area contributed by atoms with E-state index in [4.69, 9.17) is 4.74 Å². The fourth-order valence-corrected chi connectivity index (χ4v) is 6.93. The normalized spacial score (nSPS) is 28.4. The first-order valence-electron chi connectivity index (χ1n) is 11.4. The van der Waals surface area contributed by atoms with E-state index in [1.54, 1.807) is 25.4 Å². The molecule has 4 unspecified atom stereocenters. The minimum atomic E-state index is -0.141. The SMILES string of the molecule is C=C(C(C/C=C\C(C)=O)[I-]C)N1CCC2(CC1)CC2CNC(=O)C1=CC2C=CN=CC2O1. The Morgan fingerprint density at radius 2 is 2.22 bits per heavy atom. The van der Waals surface area contributed by atoms with E-state index in [1.807, 2.05) is 18.2 Å². The van der Waals surface area contributed by atoms with Gasteiger partial charge in [0.05, 0.1) is 0 Å². The summed E-state index contributed by atoms with van der Waals surface area (Å²) >= 11 is 0.0194. The maximum absolute atomic E-state index is 12.6. The van der Waals surface area contributed by atoms with Gasteiger partial charge in [0.2, 0.25) is 0 Å². The summed E-state index contributed by atoms with van der Waals surface area (Å²) < 4.78 is 6.24. The summed E-state index contributed by atoms with van der Waals surface area (Å²) in [7, 11) is 0. The molecule has 1 amide bonds. The van der Waals surface area contributed by atoms with Gasteiger partial charge in [0.1, 0.15) is 6.10 Å². The van der Waals surface area contributed by atoms with Crippen molar-refractivity contribution in [2.75, 3.05) is 24.6 Å². The fraction of sp³-hybridized carbons (Fsp3) is 0.560. The molecule has 2 fully saturated rings. The number of amides is 1. The molecule has 1 N–H and O–H groups in total. The van der Waals surface area contributed by atoms with Crippen LogP contribution in [-0.2, 0) is 14.3 Å². The Balaban J connectivity index is 1.21. The van der Waals surface area contributed by atoms with E-state index >= 15 is 0 Å². The van der Waals surface area contributed by atoms with Crippen molar-refractivity contribution in [2.24, 2.45) is 22.2 Å². The molecule has 1 aliphatic carbocycles. The van der Waals surface area contributed by atoms with Crippen LogP contribution in [0.3, 0.4) is 0 Å². The van der Waals surface area contributed by atoms with Gasteiger partial charge < -0.3 is 0 Å². The average molecular weight is 550 g/mol. The van der Waals surface area contributed by atoms with Gasteiger partial charge in [-0.2, -0.15) is 0 Å². The molecular weight excluding hydrogens is 517 g/mol. The summed E-state index contributed by atoms with van der Waals surface area (Å²) in [4.78, 5) is 32.6. The molecule has 3 heterocycles. The number of ether oxygens (including phenoxy) is 1. The van der Waals surface area contributed by atoms with Gasteiger partial charge >= 0.3 is 166 Å². The quantitative estimate of drug-likeness (QED) is 0.246. The molecule has 3 aliphatic heterocycles. The van der Waals surface area contributed by atoms with Gasteiger partial charge in [-0.15, -0.1) is 0 Å². The van der Waals surface area contributed by atoms with Crippen LogP contribution in [0.15, 0.2) is 53.5 Å². The van der Waals surface area contributed by atoms with Crippen molar-refractivity contribution in [1.82, 2.24) is 10.2 Å². The summed E-state index contributed by atoms with van der Waals surface area (Å²) in [5, 5.41) is 3.10. The molecule has 1 saturated heterocycles. The third kappa shape index (κ3) is 5.18. The van der Waals surface area contributed by atoms with Crippen LogP contribution in [0.25, 0.3) is 0 Å². The number of hydrogen-bond donors (Lipinski definition) is 1. The zero-order chi connectivity index (χ0) is 22.7. The third-order valence-electron chi connectivity index (χ3n) is 7.19. The van der Waals surface area contributed by atoms with E-state index in [9.17, 15) is 9.59 Å². The van der Waals surface area contributed by atoms with Crippen LogP contribution in [0.2, 0.25) is 0 Å². The first kappa shape index (κ1) is 23.3. The molecule has 0 aromatic rings. The van der Waals surface area contributed by atoms with Gasteiger partial charge in [-0.3, -0.25) is 4.99 Å². The smallest absolute Gasteiger partial charge is 0.265 e. The van der Waals surface area contributed by atoms with E-state index in [0.29, 0.717) is 21.0 Å². The van der Waals surface area contributed by atoms with Gasteiger partial charge in [-0.05, 0) is 0 Å². The summed E-state index contributed by atoms with van der Waals surface area (Å²) in [5.74, 6) is 1.09. The second kappa shape index (κ2) is 9.93. The van der Waals surface area contributed by atoms with Crippen LogP contribution < -0.4 is 26.5 Å². The number of carbonyl (C=O) groups is 2. The summed E-state index contributed by atoms with van der Waals surface area (Å²) in [6, 6.07) is 0. The maximum atomic E-state index is 12.6. The van der Waals surface area contributed by atoms with Gasteiger partial charge in [0.25, 0.3) is 0 Å². The number of carbonyl (C=O) groups excluding carboxylic acids is 2. The third-order valence-corrected chi connectivity index (χ3v) is 9.92. The molecule has 4 aliphatic rings. The van der Waals surface area contributed by atoms with Crippen molar-refractivity contribution in [2.45, 2.75) is 42.6 Å². The zero-order valence-electron chi connectivity index (χ0n) is 18.9. The zero-order valence-corrected chi connectivity index (χ0v) is 21.1. The van der Waals surface area contributed by atoms with Gasteiger partial charge in [-0.25, -0.2) is 0 Å². The topological polar surface area (TPSA) is 71.0 Å². The van der Waals surface area contributed by atoms with Crippen LogP contribution >= 0.6 is 0 Å². The van der Waals surface area contributed by atoms with E-state index in [-0.39, 0.29) is 44.9 Å². The van der Waals surface area contributed by atoms with Crippen molar-refractivity contribution in [1.29, 1.82) is 0 Å². The average Bonchev–Trinajstić information content (AvgIpc) is 3.26. The van der Waals surface area contributed by atoms with E-state index < -0.39 is 0 Å². The molecule has 1 saturated carbocycles. The number of alkyl halides is 2. The Morgan fingerprint density at radius 3 is 2.91 bits per heavy atom. The number of halogens is 1. The Kier molecular flexibility index (Phi) is 7.22. The monoisotopic (exact) mass is 550 g/mol. The number of ketones is 1. The number of rotatable bonds is 9. The predicted octanol–water partition coefficient (Wildman–Crippen LogP) is -0.162. The van der Waals surface area contributed by atoms with Crippen molar-refractivity contribution in [3.63, 3.8) is 0 Å². The van der Waals surface area contributed by atoms with Gasteiger partial charge in [0, 0.05) is 18.3 Å². The number of nitrogens with one attached hydrogen (secondary N) is 1. The van der Waals surface area contributed by atoms with Gasteiger partial charge in [0.15, 0.2) is 0 Å². The second-order valence-corrected chi connectivity index (χ2v) is 12.0. The molecule has 4 rings (SSSR count). The minimum absolute atomic E-state index is 0.0194.